The number of morpholine rings is 1. The minimum Gasteiger partial charge on any atom is -0.379 e. The van der Waals surface area contributed by atoms with Crippen molar-refractivity contribution in [3.8, 4) is 0 Å². The maximum atomic E-state index is 13.7. The van der Waals surface area contributed by atoms with E-state index in [1.165, 1.54) is 18.2 Å². The van der Waals surface area contributed by atoms with Crippen LogP contribution in [-0.4, -0.2) is 56.8 Å². The zero-order valence-electron chi connectivity index (χ0n) is 19.4. The number of nitrogens with zero attached hydrogens (tertiary/aromatic N) is 1. The highest BCUT2D eigenvalue weighted by Crippen LogP contribution is 2.48. The van der Waals surface area contributed by atoms with Crippen LogP contribution in [0.1, 0.15) is 36.0 Å². The number of amides is 1. The Kier molecular flexibility index (Phi) is 7.06. The largest absolute Gasteiger partial charge is 0.379 e. The first kappa shape index (κ1) is 25.5. The molecule has 11 heteroatoms. The lowest BCUT2D eigenvalue weighted by atomic mass is 9.82. The van der Waals surface area contributed by atoms with Crippen molar-refractivity contribution in [3.05, 3.63) is 58.4 Å². The summed E-state index contributed by atoms with van der Waals surface area (Å²) < 4.78 is 73.1. The van der Waals surface area contributed by atoms with Crippen LogP contribution in [-0.2, 0) is 14.6 Å². The second-order valence-electron chi connectivity index (χ2n) is 9.73. The molecule has 4 atom stereocenters. The first-order valence-electron chi connectivity index (χ1n) is 12.0. The van der Waals surface area contributed by atoms with Gasteiger partial charge in [0, 0.05) is 42.5 Å². The summed E-state index contributed by atoms with van der Waals surface area (Å²) in [5, 5.41) is 1.67. The lowest BCUT2D eigenvalue weighted by molar-refractivity contribution is -0.0106. The van der Waals surface area contributed by atoms with Crippen molar-refractivity contribution in [1.82, 2.24) is 4.90 Å². The summed E-state index contributed by atoms with van der Waals surface area (Å²) in [7, 11) is -3.85. The van der Waals surface area contributed by atoms with Crippen LogP contribution in [0.2, 0.25) is 5.02 Å². The average molecular weight is 543 g/mol. The predicted octanol–water partition coefficient (Wildman–Crippen LogP) is 4.67. The molecular weight excluding hydrogens is 517 g/mol. The van der Waals surface area contributed by atoms with Crippen molar-refractivity contribution in [2.75, 3.05) is 31.6 Å². The molecule has 5 rings (SSSR count). The summed E-state index contributed by atoms with van der Waals surface area (Å²) >= 11 is 6.29. The Balaban J connectivity index is 1.36. The van der Waals surface area contributed by atoms with Gasteiger partial charge in [-0.05, 0) is 55.7 Å². The normalized spacial score (nSPS) is 26.7. The Hall–Kier alpha value is -2.14. The number of hydrogen-bond donors (Lipinski definition) is 1. The van der Waals surface area contributed by atoms with E-state index in [9.17, 15) is 26.4 Å². The van der Waals surface area contributed by atoms with E-state index in [1.54, 1.807) is 0 Å². The maximum Gasteiger partial charge on any atom is 0.255 e. The van der Waals surface area contributed by atoms with Gasteiger partial charge >= 0.3 is 0 Å². The highest BCUT2D eigenvalue weighted by atomic mass is 35.5. The van der Waals surface area contributed by atoms with E-state index in [2.05, 4.69) is 10.2 Å². The van der Waals surface area contributed by atoms with Crippen molar-refractivity contribution in [2.24, 2.45) is 11.8 Å². The van der Waals surface area contributed by atoms with Crippen LogP contribution in [0.3, 0.4) is 0 Å². The van der Waals surface area contributed by atoms with E-state index in [0.29, 0.717) is 44.2 Å². The number of sulfone groups is 1. The van der Waals surface area contributed by atoms with Crippen LogP contribution in [0.4, 0.5) is 18.9 Å². The van der Waals surface area contributed by atoms with Crippen LogP contribution in [0.15, 0.2) is 35.2 Å². The molecule has 1 N–H and O–H groups in total. The molecule has 3 fully saturated rings. The van der Waals surface area contributed by atoms with Crippen molar-refractivity contribution >= 4 is 33.0 Å². The number of carbonyl (C=O) groups is 1. The number of nitrogens with one attached hydrogen (secondary N) is 1. The molecule has 0 spiro atoms. The number of halogens is 4. The molecule has 3 unspecified atom stereocenters. The van der Waals surface area contributed by atoms with E-state index in [4.69, 9.17) is 16.3 Å². The number of carbonyl (C=O) groups excluding carboxylic acids is 1. The zero-order chi connectivity index (χ0) is 25.6. The van der Waals surface area contributed by atoms with Gasteiger partial charge in [0.15, 0.2) is 27.3 Å². The van der Waals surface area contributed by atoms with Gasteiger partial charge in [-0.3, -0.25) is 9.69 Å². The van der Waals surface area contributed by atoms with E-state index in [0.717, 1.165) is 25.9 Å². The highest BCUT2D eigenvalue weighted by molar-refractivity contribution is 7.92. The number of fused-ring (bicyclic) bond motifs is 2. The molecule has 0 aromatic heterocycles. The van der Waals surface area contributed by atoms with E-state index in [-0.39, 0.29) is 33.0 Å². The third kappa shape index (κ3) is 4.76. The summed E-state index contributed by atoms with van der Waals surface area (Å²) in [4.78, 5) is 15.0. The summed E-state index contributed by atoms with van der Waals surface area (Å²) in [6.45, 7) is 3.11. The smallest absolute Gasteiger partial charge is 0.255 e. The molecule has 194 valence electrons. The Morgan fingerprint density at radius 3 is 2.22 bits per heavy atom. The summed E-state index contributed by atoms with van der Waals surface area (Å²) in [5.74, 6) is -4.81. The van der Waals surface area contributed by atoms with Gasteiger partial charge in [0.1, 0.15) is 0 Å². The van der Waals surface area contributed by atoms with E-state index in [1.807, 2.05) is 0 Å². The van der Waals surface area contributed by atoms with Gasteiger partial charge in [0.05, 0.1) is 28.4 Å². The standard InChI is InChI=1S/C25H26ClF3N2O4S/c26-19-4-3-16(25(32)30-17-12-20(27)23(29)21(28)13-17)11-22(19)36(33,34)18-9-14-1-2-15(10-18)24(14)31-5-7-35-8-6-31/h3-4,11-15,18,24H,1-2,5-10H2,(H,30,32)/t14-,15?,18?,24?/m0/s1. The number of benzene rings is 2. The monoisotopic (exact) mass is 542 g/mol. The van der Waals surface area contributed by atoms with Gasteiger partial charge in [0.2, 0.25) is 0 Å². The zero-order valence-corrected chi connectivity index (χ0v) is 20.9. The molecule has 1 aliphatic heterocycles. The fraction of sp³-hybridized carbons (Fsp3) is 0.480. The number of anilines is 1. The molecule has 0 radical (unpaired) electrons. The molecule has 36 heavy (non-hydrogen) atoms. The van der Waals surface area contributed by atoms with Crippen molar-refractivity contribution in [2.45, 2.75) is 41.9 Å². The lowest BCUT2D eigenvalue weighted by Gasteiger charge is -2.43. The molecule has 2 bridgehead atoms. The van der Waals surface area contributed by atoms with Crippen LogP contribution in [0, 0.1) is 29.3 Å². The minimum atomic E-state index is -3.85. The molecular formula is C25H26ClF3N2O4S. The predicted molar refractivity (Wildman–Crippen MR) is 128 cm³/mol. The second-order valence-corrected chi connectivity index (χ2v) is 12.3. The SMILES string of the molecule is O=C(Nc1cc(F)c(F)c(F)c1)c1ccc(Cl)c(S(=O)(=O)C2CC3CC[C@@H](C2)C3N2CCOCC2)c1. The van der Waals surface area contributed by atoms with Gasteiger partial charge in [-0.25, -0.2) is 21.6 Å². The number of rotatable bonds is 5. The molecule has 2 aromatic rings. The van der Waals surface area contributed by atoms with E-state index < -0.39 is 38.4 Å². The molecule has 6 nitrogen and oxygen atoms in total. The van der Waals surface area contributed by atoms with Gasteiger partial charge in [-0.15, -0.1) is 0 Å². The third-order valence-electron chi connectivity index (χ3n) is 7.65. The first-order valence-corrected chi connectivity index (χ1v) is 13.9. The lowest BCUT2D eigenvalue weighted by Crippen LogP contribution is -2.51. The quantitative estimate of drug-likeness (QED) is 0.556. The topological polar surface area (TPSA) is 75.7 Å². The average Bonchev–Trinajstić information content (AvgIpc) is 3.11. The Labute approximate surface area is 212 Å². The minimum absolute atomic E-state index is 0.00747. The van der Waals surface area contributed by atoms with Crippen molar-refractivity contribution < 1.29 is 31.1 Å². The highest BCUT2D eigenvalue weighted by Gasteiger charge is 2.49. The first-order chi connectivity index (χ1) is 17.1. The Morgan fingerprint density at radius 2 is 1.61 bits per heavy atom. The van der Waals surface area contributed by atoms with Crippen molar-refractivity contribution in [3.63, 3.8) is 0 Å². The molecule has 1 amide bonds. The van der Waals surface area contributed by atoms with Gasteiger partial charge in [0.25, 0.3) is 5.91 Å². The van der Waals surface area contributed by atoms with Crippen molar-refractivity contribution in [1.29, 1.82) is 0 Å². The van der Waals surface area contributed by atoms with E-state index >= 15 is 0 Å². The van der Waals surface area contributed by atoms with Crippen LogP contribution in [0.25, 0.3) is 0 Å². The summed E-state index contributed by atoms with van der Waals surface area (Å²) in [5.41, 5.74) is -0.346. The molecule has 3 aliphatic rings. The van der Waals surface area contributed by atoms with Crippen LogP contribution < -0.4 is 5.32 Å². The number of ether oxygens (including phenoxy) is 1. The van der Waals surface area contributed by atoms with Crippen LogP contribution >= 0.6 is 11.6 Å². The summed E-state index contributed by atoms with van der Waals surface area (Å²) in [6.07, 6.45) is 3.03. The van der Waals surface area contributed by atoms with Gasteiger partial charge < -0.3 is 10.1 Å². The molecule has 2 saturated carbocycles. The third-order valence-corrected chi connectivity index (χ3v) is 10.3. The number of hydrogen-bond acceptors (Lipinski definition) is 5. The Bertz CT molecular complexity index is 1250. The summed E-state index contributed by atoms with van der Waals surface area (Å²) in [6, 6.07) is 5.50. The fourth-order valence-corrected chi connectivity index (χ4v) is 8.47. The maximum absolute atomic E-state index is 13.7. The van der Waals surface area contributed by atoms with Crippen LogP contribution in [0.5, 0.6) is 0 Å². The fourth-order valence-electron chi connectivity index (χ4n) is 6.04. The molecule has 2 aliphatic carbocycles. The molecule has 1 heterocycles. The van der Waals surface area contributed by atoms with Gasteiger partial charge in [-0.2, -0.15) is 0 Å². The molecule has 1 saturated heterocycles. The Morgan fingerprint density at radius 1 is 1.00 bits per heavy atom. The molecule has 2 aromatic carbocycles. The van der Waals surface area contributed by atoms with Gasteiger partial charge in [-0.1, -0.05) is 11.6 Å². The second kappa shape index (κ2) is 9.96.